The predicted octanol–water partition coefficient (Wildman–Crippen LogP) is 3.70. The molecule has 2 amide bonds. The van der Waals surface area contributed by atoms with E-state index in [-0.39, 0.29) is 18.4 Å². The number of carbonyl (C=O) groups excluding carboxylic acids is 2. The number of anilines is 1. The number of aryl methyl sites for hydroxylation is 1. The molecule has 6 nitrogen and oxygen atoms in total. The number of hydrogen-bond acceptors (Lipinski definition) is 4. The Kier molecular flexibility index (Phi) is 8.26. The van der Waals surface area contributed by atoms with Gasteiger partial charge in [0.25, 0.3) is 5.91 Å². The van der Waals surface area contributed by atoms with E-state index >= 15 is 0 Å². The Morgan fingerprint density at radius 3 is 2.25 bits per heavy atom. The SMILES string of the molecule is COc1ccc(CCNC(=O)CNc2ccccc2C(=O)NCc2ccc(C)cc2)cc1. The van der Waals surface area contributed by atoms with E-state index in [1.807, 2.05) is 61.5 Å². The molecule has 3 rings (SSSR count). The van der Waals surface area contributed by atoms with Crippen LogP contribution in [0, 0.1) is 6.92 Å². The summed E-state index contributed by atoms with van der Waals surface area (Å²) in [4.78, 5) is 24.9. The van der Waals surface area contributed by atoms with E-state index in [1.165, 1.54) is 5.56 Å². The highest BCUT2D eigenvalue weighted by Gasteiger charge is 2.11. The molecule has 0 spiro atoms. The smallest absolute Gasteiger partial charge is 0.253 e. The monoisotopic (exact) mass is 431 g/mol. The van der Waals surface area contributed by atoms with Crippen LogP contribution in [0.4, 0.5) is 5.69 Å². The normalized spacial score (nSPS) is 10.3. The molecule has 3 N–H and O–H groups in total. The second kappa shape index (κ2) is 11.6. The second-order valence-electron chi connectivity index (χ2n) is 7.52. The van der Waals surface area contributed by atoms with Crippen molar-refractivity contribution in [3.8, 4) is 5.75 Å². The number of nitrogens with one attached hydrogen (secondary N) is 3. The van der Waals surface area contributed by atoms with Crippen molar-refractivity contribution in [1.29, 1.82) is 0 Å². The first-order chi connectivity index (χ1) is 15.5. The molecule has 166 valence electrons. The van der Waals surface area contributed by atoms with Gasteiger partial charge in [0.15, 0.2) is 0 Å². The summed E-state index contributed by atoms with van der Waals surface area (Å²) in [7, 11) is 1.63. The molecule has 0 atom stereocenters. The number of amides is 2. The van der Waals surface area contributed by atoms with Crippen molar-refractivity contribution in [2.45, 2.75) is 19.9 Å². The Hall–Kier alpha value is -3.80. The van der Waals surface area contributed by atoms with Crippen molar-refractivity contribution in [3.63, 3.8) is 0 Å². The molecule has 0 aliphatic carbocycles. The molecule has 0 heterocycles. The number of hydrogen-bond donors (Lipinski definition) is 3. The van der Waals surface area contributed by atoms with E-state index in [0.717, 1.165) is 23.3 Å². The maximum atomic E-state index is 12.7. The standard InChI is InChI=1S/C26H29N3O3/c1-19-7-9-21(10-8-19)17-29-26(31)23-5-3-4-6-24(23)28-18-25(30)27-16-15-20-11-13-22(32-2)14-12-20/h3-14,28H,15-18H2,1-2H3,(H,27,30)(H,29,31). The summed E-state index contributed by atoms with van der Waals surface area (Å²) >= 11 is 0. The lowest BCUT2D eigenvalue weighted by atomic mass is 10.1. The lowest BCUT2D eigenvalue weighted by Gasteiger charge is -2.13. The van der Waals surface area contributed by atoms with Crippen LogP contribution in [0.5, 0.6) is 5.75 Å². The van der Waals surface area contributed by atoms with Crippen molar-refractivity contribution in [2.75, 3.05) is 25.5 Å². The molecule has 6 heteroatoms. The molecular weight excluding hydrogens is 402 g/mol. The number of ether oxygens (including phenoxy) is 1. The van der Waals surface area contributed by atoms with Gasteiger partial charge in [0.1, 0.15) is 5.75 Å². The van der Waals surface area contributed by atoms with Crippen LogP contribution >= 0.6 is 0 Å². The molecule has 32 heavy (non-hydrogen) atoms. The average molecular weight is 432 g/mol. The maximum Gasteiger partial charge on any atom is 0.253 e. The van der Waals surface area contributed by atoms with E-state index in [4.69, 9.17) is 4.74 Å². The first-order valence-electron chi connectivity index (χ1n) is 10.6. The van der Waals surface area contributed by atoms with Gasteiger partial charge in [-0.3, -0.25) is 9.59 Å². The van der Waals surface area contributed by atoms with Gasteiger partial charge in [-0.05, 0) is 48.7 Å². The van der Waals surface area contributed by atoms with E-state index in [2.05, 4.69) is 16.0 Å². The highest BCUT2D eigenvalue weighted by Crippen LogP contribution is 2.15. The van der Waals surface area contributed by atoms with Gasteiger partial charge in [0.05, 0.1) is 19.2 Å². The van der Waals surface area contributed by atoms with Gasteiger partial charge in [-0.25, -0.2) is 0 Å². The van der Waals surface area contributed by atoms with Gasteiger partial charge < -0.3 is 20.7 Å². The quantitative estimate of drug-likeness (QED) is 0.457. The fourth-order valence-electron chi connectivity index (χ4n) is 3.20. The molecule has 0 aliphatic rings. The second-order valence-corrected chi connectivity index (χ2v) is 7.52. The van der Waals surface area contributed by atoms with Crippen molar-refractivity contribution >= 4 is 17.5 Å². The van der Waals surface area contributed by atoms with E-state index in [0.29, 0.717) is 24.3 Å². The summed E-state index contributed by atoms with van der Waals surface area (Å²) in [6, 6.07) is 23.0. The summed E-state index contributed by atoms with van der Waals surface area (Å²) in [6.07, 6.45) is 0.730. The minimum atomic E-state index is -0.186. The number of benzene rings is 3. The van der Waals surface area contributed by atoms with Crippen LogP contribution in [0.2, 0.25) is 0 Å². The van der Waals surface area contributed by atoms with Gasteiger partial charge in [0.2, 0.25) is 5.91 Å². The van der Waals surface area contributed by atoms with E-state index in [9.17, 15) is 9.59 Å². The van der Waals surface area contributed by atoms with Crippen molar-refractivity contribution < 1.29 is 14.3 Å². The zero-order valence-corrected chi connectivity index (χ0v) is 18.5. The average Bonchev–Trinajstić information content (AvgIpc) is 2.83. The molecule has 0 unspecified atom stereocenters. The summed E-state index contributed by atoms with van der Waals surface area (Å²) in [5.41, 5.74) is 4.46. The third kappa shape index (κ3) is 6.87. The van der Waals surface area contributed by atoms with Gasteiger partial charge in [-0.15, -0.1) is 0 Å². The largest absolute Gasteiger partial charge is 0.497 e. The Morgan fingerprint density at radius 2 is 1.53 bits per heavy atom. The van der Waals surface area contributed by atoms with Crippen LogP contribution in [-0.2, 0) is 17.8 Å². The number of methoxy groups -OCH3 is 1. The number of para-hydroxylation sites is 1. The van der Waals surface area contributed by atoms with Crippen LogP contribution in [0.15, 0.2) is 72.8 Å². The Bertz CT molecular complexity index is 1030. The molecule has 0 fully saturated rings. The topological polar surface area (TPSA) is 79.5 Å². The summed E-state index contributed by atoms with van der Waals surface area (Å²) in [6.45, 7) is 3.09. The molecule has 0 saturated carbocycles. The fraction of sp³-hybridized carbons (Fsp3) is 0.231. The number of carbonyl (C=O) groups is 2. The molecule has 0 aromatic heterocycles. The van der Waals surface area contributed by atoms with Gasteiger partial charge in [0, 0.05) is 18.8 Å². The Balaban J connectivity index is 1.46. The molecule has 3 aromatic rings. The lowest BCUT2D eigenvalue weighted by molar-refractivity contribution is -0.119. The molecule has 0 saturated heterocycles. The van der Waals surface area contributed by atoms with Crippen molar-refractivity contribution in [2.24, 2.45) is 0 Å². The Labute approximate surface area is 189 Å². The van der Waals surface area contributed by atoms with Crippen LogP contribution in [0.25, 0.3) is 0 Å². The third-order valence-corrected chi connectivity index (χ3v) is 5.08. The first kappa shape index (κ1) is 22.9. The van der Waals surface area contributed by atoms with Crippen LogP contribution < -0.4 is 20.7 Å². The summed E-state index contributed by atoms with van der Waals surface area (Å²) in [5.74, 6) is 0.491. The zero-order valence-electron chi connectivity index (χ0n) is 18.5. The predicted molar refractivity (Wildman–Crippen MR) is 127 cm³/mol. The molecule has 0 radical (unpaired) electrons. The van der Waals surface area contributed by atoms with E-state index < -0.39 is 0 Å². The highest BCUT2D eigenvalue weighted by molar-refractivity contribution is 6.00. The Morgan fingerprint density at radius 1 is 0.844 bits per heavy atom. The van der Waals surface area contributed by atoms with Crippen LogP contribution in [0.1, 0.15) is 27.0 Å². The van der Waals surface area contributed by atoms with Gasteiger partial charge in [-0.2, -0.15) is 0 Å². The molecule has 3 aromatic carbocycles. The van der Waals surface area contributed by atoms with Crippen LogP contribution in [-0.4, -0.2) is 32.0 Å². The maximum absolute atomic E-state index is 12.7. The lowest BCUT2D eigenvalue weighted by Crippen LogP contribution is -2.32. The fourth-order valence-corrected chi connectivity index (χ4v) is 3.20. The minimum Gasteiger partial charge on any atom is -0.497 e. The van der Waals surface area contributed by atoms with Crippen molar-refractivity contribution in [3.05, 3.63) is 95.1 Å². The van der Waals surface area contributed by atoms with Crippen molar-refractivity contribution in [1.82, 2.24) is 10.6 Å². The molecule has 0 bridgehead atoms. The van der Waals surface area contributed by atoms with Gasteiger partial charge in [-0.1, -0.05) is 54.1 Å². The minimum absolute atomic E-state index is 0.0882. The molecule has 0 aliphatic heterocycles. The highest BCUT2D eigenvalue weighted by atomic mass is 16.5. The summed E-state index contributed by atoms with van der Waals surface area (Å²) < 4.78 is 5.15. The zero-order chi connectivity index (χ0) is 22.8. The van der Waals surface area contributed by atoms with Gasteiger partial charge >= 0.3 is 0 Å². The van der Waals surface area contributed by atoms with Crippen LogP contribution in [0.3, 0.4) is 0 Å². The summed E-state index contributed by atoms with van der Waals surface area (Å²) in [5, 5.41) is 8.91. The third-order valence-electron chi connectivity index (χ3n) is 5.08. The number of rotatable bonds is 10. The molecular formula is C26H29N3O3. The first-order valence-corrected chi connectivity index (χ1v) is 10.6. The van der Waals surface area contributed by atoms with E-state index in [1.54, 1.807) is 25.3 Å².